The van der Waals surface area contributed by atoms with Gasteiger partial charge in [-0.15, -0.1) is 0 Å². The molecule has 1 fully saturated rings. The van der Waals surface area contributed by atoms with Crippen molar-refractivity contribution >= 4 is 11.6 Å². The molecule has 1 aliphatic rings. The summed E-state index contributed by atoms with van der Waals surface area (Å²) in [6.45, 7) is 2.87. The average molecular weight is 321 g/mol. The molecule has 1 N–H and O–H groups in total. The summed E-state index contributed by atoms with van der Waals surface area (Å²) in [6, 6.07) is 8.06. The van der Waals surface area contributed by atoms with Crippen molar-refractivity contribution in [3.63, 3.8) is 0 Å². The van der Waals surface area contributed by atoms with Crippen LogP contribution in [0.5, 0.6) is 0 Å². The SMILES string of the molecule is CN(Cc1nc(-c2cccc(Cl)c2)no1)C1CCCNCC1. The van der Waals surface area contributed by atoms with Crippen LogP contribution in [0.2, 0.25) is 5.02 Å². The van der Waals surface area contributed by atoms with Crippen molar-refractivity contribution in [2.75, 3.05) is 20.1 Å². The van der Waals surface area contributed by atoms with Gasteiger partial charge < -0.3 is 9.84 Å². The largest absolute Gasteiger partial charge is 0.338 e. The third kappa shape index (κ3) is 3.85. The first-order valence-electron chi connectivity index (χ1n) is 7.72. The lowest BCUT2D eigenvalue weighted by molar-refractivity contribution is 0.190. The molecule has 6 heteroatoms. The summed E-state index contributed by atoms with van der Waals surface area (Å²) in [4.78, 5) is 6.79. The Bertz CT molecular complexity index is 608. The molecule has 5 nitrogen and oxygen atoms in total. The zero-order valence-electron chi connectivity index (χ0n) is 12.8. The minimum Gasteiger partial charge on any atom is -0.338 e. The second-order valence-corrected chi connectivity index (χ2v) is 6.21. The van der Waals surface area contributed by atoms with Crippen molar-refractivity contribution in [2.45, 2.75) is 31.8 Å². The highest BCUT2D eigenvalue weighted by molar-refractivity contribution is 6.30. The van der Waals surface area contributed by atoms with E-state index in [1.165, 1.54) is 12.8 Å². The van der Waals surface area contributed by atoms with Gasteiger partial charge in [0.05, 0.1) is 6.54 Å². The van der Waals surface area contributed by atoms with E-state index in [4.69, 9.17) is 16.1 Å². The van der Waals surface area contributed by atoms with Gasteiger partial charge in [0.1, 0.15) is 0 Å². The maximum absolute atomic E-state index is 6.00. The third-order valence-corrected chi connectivity index (χ3v) is 4.34. The Morgan fingerprint density at radius 1 is 1.36 bits per heavy atom. The molecule has 1 aromatic heterocycles. The summed E-state index contributed by atoms with van der Waals surface area (Å²) < 4.78 is 5.39. The van der Waals surface area contributed by atoms with E-state index in [2.05, 4.69) is 27.4 Å². The molecule has 2 aromatic rings. The highest BCUT2D eigenvalue weighted by Gasteiger charge is 2.19. The molecule has 0 spiro atoms. The van der Waals surface area contributed by atoms with Crippen LogP contribution >= 0.6 is 11.6 Å². The predicted molar refractivity (Wildman–Crippen MR) is 86.7 cm³/mol. The van der Waals surface area contributed by atoms with E-state index in [0.717, 1.165) is 25.1 Å². The highest BCUT2D eigenvalue weighted by Crippen LogP contribution is 2.21. The van der Waals surface area contributed by atoms with Gasteiger partial charge in [-0.25, -0.2) is 0 Å². The highest BCUT2D eigenvalue weighted by atomic mass is 35.5. The van der Waals surface area contributed by atoms with Crippen LogP contribution in [0.25, 0.3) is 11.4 Å². The first kappa shape index (κ1) is 15.5. The topological polar surface area (TPSA) is 54.2 Å². The molecule has 1 aromatic carbocycles. The van der Waals surface area contributed by atoms with Crippen LogP contribution in [0.15, 0.2) is 28.8 Å². The monoisotopic (exact) mass is 320 g/mol. The molecule has 118 valence electrons. The van der Waals surface area contributed by atoms with Crippen LogP contribution < -0.4 is 5.32 Å². The van der Waals surface area contributed by atoms with Crippen LogP contribution in [-0.4, -0.2) is 41.2 Å². The summed E-state index contributed by atoms with van der Waals surface area (Å²) >= 11 is 6.00. The fourth-order valence-electron chi connectivity index (χ4n) is 2.85. The van der Waals surface area contributed by atoms with Crippen LogP contribution in [0.4, 0.5) is 0 Å². The minimum atomic E-state index is 0.566. The number of nitrogens with zero attached hydrogens (tertiary/aromatic N) is 3. The number of rotatable bonds is 4. The van der Waals surface area contributed by atoms with E-state index in [-0.39, 0.29) is 0 Å². The fraction of sp³-hybridized carbons (Fsp3) is 0.500. The maximum Gasteiger partial charge on any atom is 0.241 e. The van der Waals surface area contributed by atoms with Gasteiger partial charge in [-0.1, -0.05) is 28.9 Å². The standard InChI is InChI=1S/C16H21ClN4O/c1-21(14-6-3-8-18-9-7-14)11-15-19-16(20-22-15)12-4-2-5-13(17)10-12/h2,4-5,10,14,18H,3,6-9,11H2,1H3. The molecule has 1 saturated heterocycles. The zero-order valence-corrected chi connectivity index (χ0v) is 13.5. The molecule has 3 rings (SSSR count). The molecule has 22 heavy (non-hydrogen) atoms. The Morgan fingerprint density at radius 2 is 2.27 bits per heavy atom. The summed E-state index contributed by atoms with van der Waals surface area (Å²) in [6.07, 6.45) is 3.58. The van der Waals surface area contributed by atoms with Gasteiger partial charge in [0.15, 0.2) is 0 Å². The molecule has 0 saturated carbocycles. The van der Waals surface area contributed by atoms with Gasteiger partial charge in [0.2, 0.25) is 11.7 Å². The van der Waals surface area contributed by atoms with Gasteiger partial charge in [0, 0.05) is 16.6 Å². The van der Waals surface area contributed by atoms with Crippen molar-refractivity contribution in [3.05, 3.63) is 35.2 Å². The van der Waals surface area contributed by atoms with E-state index in [1.807, 2.05) is 24.3 Å². The quantitative estimate of drug-likeness (QED) is 0.938. The van der Waals surface area contributed by atoms with Gasteiger partial charge in [-0.2, -0.15) is 4.98 Å². The lowest BCUT2D eigenvalue weighted by atomic mass is 10.1. The molecule has 0 amide bonds. The van der Waals surface area contributed by atoms with E-state index in [1.54, 1.807) is 0 Å². The molecule has 2 heterocycles. The van der Waals surface area contributed by atoms with Gasteiger partial charge in [-0.3, -0.25) is 4.90 Å². The summed E-state index contributed by atoms with van der Waals surface area (Å²) in [7, 11) is 2.12. The zero-order chi connectivity index (χ0) is 15.4. The molecule has 0 radical (unpaired) electrons. The number of benzene rings is 1. The van der Waals surface area contributed by atoms with Crippen molar-refractivity contribution in [1.82, 2.24) is 20.4 Å². The van der Waals surface area contributed by atoms with Crippen molar-refractivity contribution in [2.24, 2.45) is 0 Å². The molecule has 0 aliphatic carbocycles. The Kier molecular flexibility index (Phi) is 5.08. The molecule has 1 aliphatic heterocycles. The number of halogens is 1. The van der Waals surface area contributed by atoms with Gasteiger partial charge in [-0.05, 0) is 51.5 Å². The normalized spacial score (nSPS) is 19.3. The Balaban J connectivity index is 1.66. The van der Waals surface area contributed by atoms with Crippen LogP contribution in [0, 0.1) is 0 Å². The Labute approximate surface area is 135 Å². The number of hydrogen-bond acceptors (Lipinski definition) is 5. The van der Waals surface area contributed by atoms with Crippen LogP contribution in [0.1, 0.15) is 25.2 Å². The van der Waals surface area contributed by atoms with E-state index in [9.17, 15) is 0 Å². The van der Waals surface area contributed by atoms with Gasteiger partial charge >= 0.3 is 0 Å². The lowest BCUT2D eigenvalue weighted by Crippen LogP contribution is -2.32. The molecular weight excluding hydrogens is 300 g/mol. The molecule has 1 atom stereocenters. The first-order valence-corrected chi connectivity index (χ1v) is 8.09. The minimum absolute atomic E-state index is 0.566. The summed E-state index contributed by atoms with van der Waals surface area (Å²) in [5.41, 5.74) is 0.879. The summed E-state index contributed by atoms with van der Waals surface area (Å²) in [5.74, 6) is 1.24. The van der Waals surface area contributed by atoms with E-state index >= 15 is 0 Å². The smallest absolute Gasteiger partial charge is 0.241 e. The van der Waals surface area contributed by atoms with Gasteiger partial charge in [0.25, 0.3) is 0 Å². The predicted octanol–water partition coefficient (Wildman–Crippen LogP) is 2.96. The van der Waals surface area contributed by atoms with Crippen molar-refractivity contribution < 1.29 is 4.52 Å². The van der Waals surface area contributed by atoms with Crippen molar-refractivity contribution in [1.29, 1.82) is 0 Å². The first-order chi connectivity index (χ1) is 10.7. The number of hydrogen-bond donors (Lipinski definition) is 1. The fourth-order valence-corrected chi connectivity index (χ4v) is 3.04. The van der Waals surface area contributed by atoms with Crippen molar-refractivity contribution in [3.8, 4) is 11.4 Å². The van der Waals surface area contributed by atoms with Crippen LogP contribution in [-0.2, 0) is 6.54 Å². The maximum atomic E-state index is 6.00. The molecule has 0 bridgehead atoms. The van der Waals surface area contributed by atoms with Crippen LogP contribution in [0.3, 0.4) is 0 Å². The number of nitrogens with one attached hydrogen (secondary N) is 1. The lowest BCUT2D eigenvalue weighted by Gasteiger charge is -2.25. The Hall–Kier alpha value is -1.43. The molecule has 1 unspecified atom stereocenters. The third-order valence-electron chi connectivity index (χ3n) is 4.10. The average Bonchev–Trinajstić information content (AvgIpc) is 2.80. The molecular formula is C16H21ClN4O. The van der Waals surface area contributed by atoms with E-state index < -0.39 is 0 Å². The second-order valence-electron chi connectivity index (χ2n) is 5.77. The van der Waals surface area contributed by atoms with E-state index in [0.29, 0.717) is 29.3 Å². The summed E-state index contributed by atoms with van der Waals surface area (Å²) in [5, 5.41) is 8.17. The Morgan fingerprint density at radius 3 is 3.14 bits per heavy atom. The second kappa shape index (κ2) is 7.22. The number of aromatic nitrogens is 2.